The van der Waals surface area contributed by atoms with E-state index < -0.39 is 11.9 Å². The van der Waals surface area contributed by atoms with Gasteiger partial charge in [0.2, 0.25) is 11.8 Å². The van der Waals surface area contributed by atoms with E-state index in [2.05, 4.69) is 15.5 Å². The highest BCUT2D eigenvalue weighted by Gasteiger charge is 2.14. The van der Waals surface area contributed by atoms with Gasteiger partial charge in [-0.2, -0.15) is 4.98 Å². The smallest absolute Gasteiger partial charge is 0.226 e. The Labute approximate surface area is 140 Å². The number of benzene rings is 1. The van der Waals surface area contributed by atoms with Gasteiger partial charge in [0.1, 0.15) is 5.82 Å². The average Bonchev–Trinajstić information content (AvgIpc) is 3.00. The molecule has 1 aromatic heterocycles. The van der Waals surface area contributed by atoms with Crippen molar-refractivity contribution in [2.45, 2.75) is 45.1 Å². The van der Waals surface area contributed by atoms with Crippen molar-refractivity contribution in [3.63, 3.8) is 0 Å². The zero-order chi connectivity index (χ0) is 17.5. The van der Waals surface area contributed by atoms with Crippen LogP contribution in [0.3, 0.4) is 0 Å². The van der Waals surface area contributed by atoms with Crippen LogP contribution in [-0.2, 0) is 11.2 Å². The molecule has 0 aliphatic rings. The second kappa shape index (κ2) is 8.54. The first-order valence-electron chi connectivity index (χ1n) is 7.98. The SMILES string of the molecule is CC(C)c1noc(CCCNC(=O)CC(O)c2cccc(F)c2)n1. The highest BCUT2D eigenvalue weighted by Crippen LogP contribution is 2.17. The molecule has 1 unspecified atom stereocenters. The van der Waals surface area contributed by atoms with E-state index in [1.807, 2.05) is 13.8 Å². The van der Waals surface area contributed by atoms with Crippen molar-refractivity contribution in [3.05, 3.63) is 47.4 Å². The van der Waals surface area contributed by atoms with Crippen molar-refractivity contribution >= 4 is 5.91 Å². The molecule has 0 spiro atoms. The number of nitrogens with zero attached hydrogens (tertiary/aromatic N) is 2. The Bertz CT molecular complexity index is 673. The van der Waals surface area contributed by atoms with E-state index in [1.54, 1.807) is 6.07 Å². The zero-order valence-corrected chi connectivity index (χ0v) is 13.8. The maximum atomic E-state index is 13.1. The summed E-state index contributed by atoms with van der Waals surface area (Å²) in [5.74, 6) is 0.707. The number of aryl methyl sites for hydroxylation is 1. The summed E-state index contributed by atoms with van der Waals surface area (Å²) in [5, 5.41) is 16.5. The fraction of sp³-hybridized carbons (Fsp3) is 0.471. The molecule has 0 radical (unpaired) electrons. The van der Waals surface area contributed by atoms with Gasteiger partial charge in [0, 0.05) is 18.9 Å². The second-order valence-electron chi connectivity index (χ2n) is 5.93. The lowest BCUT2D eigenvalue weighted by molar-refractivity contribution is -0.123. The number of aromatic nitrogens is 2. The first-order valence-corrected chi connectivity index (χ1v) is 7.98. The molecule has 24 heavy (non-hydrogen) atoms. The molecular formula is C17H22FN3O3. The summed E-state index contributed by atoms with van der Waals surface area (Å²) in [4.78, 5) is 16.1. The molecule has 0 saturated carbocycles. The molecule has 2 aromatic rings. The minimum atomic E-state index is -1.02. The maximum absolute atomic E-state index is 13.1. The van der Waals surface area contributed by atoms with Gasteiger partial charge in [-0.25, -0.2) is 4.39 Å². The van der Waals surface area contributed by atoms with Gasteiger partial charge in [0.05, 0.1) is 12.5 Å². The van der Waals surface area contributed by atoms with Gasteiger partial charge < -0.3 is 14.9 Å². The van der Waals surface area contributed by atoms with Crippen molar-refractivity contribution in [3.8, 4) is 0 Å². The van der Waals surface area contributed by atoms with Crippen LogP contribution >= 0.6 is 0 Å². The van der Waals surface area contributed by atoms with Gasteiger partial charge in [-0.1, -0.05) is 31.1 Å². The number of rotatable bonds is 8. The molecule has 0 aliphatic heterocycles. The molecule has 7 heteroatoms. The standard InChI is InChI=1S/C17H22FN3O3/c1-11(2)17-20-16(24-21-17)7-4-8-19-15(23)10-14(22)12-5-3-6-13(18)9-12/h3,5-6,9,11,14,22H,4,7-8,10H2,1-2H3,(H,19,23). The molecule has 1 atom stereocenters. The van der Waals surface area contributed by atoms with E-state index in [1.165, 1.54) is 18.2 Å². The molecule has 1 amide bonds. The van der Waals surface area contributed by atoms with Gasteiger partial charge in [0.15, 0.2) is 5.82 Å². The van der Waals surface area contributed by atoms with Crippen LogP contribution in [0.5, 0.6) is 0 Å². The quantitative estimate of drug-likeness (QED) is 0.724. The van der Waals surface area contributed by atoms with Crippen molar-refractivity contribution in [2.75, 3.05) is 6.54 Å². The Morgan fingerprint density at radius 2 is 2.21 bits per heavy atom. The molecular weight excluding hydrogens is 313 g/mol. The molecule has 0 bridgehead atoms. The van der Waals surface area contributed by atoms with Crippen molar-refractivity contribution in [1.82, 2.24) is 15.5 Å². The predicted molar refractivity (Wildman–Crippen MR) is 85.7 cm³/mol. The summed E-state index contributed by atoms with van der Waals surface area (Å²) in [5.41, 5.74) is 0.386. The van der Waals surface area contributed by atoms with Gasteiger partial charge >= 0.3 is 0 Å². The van der Waals surface area contributed by atoms with E-state index in [0.29, 0.717) is 36.7 Å². The van der Waals surface area contributed by atoms with Crippen molar-refractivity contribution in [1.29, 1.82) is 0 Å². The predicted octanol–water partition coefficient (Wildman–Crippen LogP) is 2.50. The Morgan fingerprint density at radius 1 is 1.42 bits per heavy atom. The van der Waals surface area contributed by atoms with Crippen LogP contribution in [0.25, 0.3) is 0 Å². The first kappa shape index (κ1) is 18.1. The van der Waals surface area contributed by atoms with Crippen molar-refractivity contribution in [2.24, 2.45) is 0 Å². The van der Waals surface area contributed by atoms with Crippen LogP contribution in [0.4, 0.5) is 4.39 Å². The summed E-state index contributed by atoms with van der Waals surface area (Å²) in [6, 6.07) is 5.60. The third kappa shape index (κ3) is 5.42. The molecule has 0 aliphatic carbocycles. The number of hydrogen-bond acceptors (Lipinski definition) is 5. The normalized spacial score (nSPS) is 12.4. The third-order valence-electron chi connectivity index (χ3n) is 3.50. The Kier molecular flexibility index (Phi) is 6.43. The minimum absolute atomic E-state index is 0.110. The number of carbonyl (C=O) groups excluding carboxylic acids is 1. The average molecular weight is 335 g/mol. The topological polar surface area (TPSA) is 88.2 Å². The summed E-state index contributed by atoms with van der Waals surface area (Å²) < 4.78 is 18.2. The minimum Gasteiger partial charge on any atom is -0.388 e. The molecule has 6 nitrogen and oxygen atoms in total. The highest BCUT2D eigenvalue weighted by atomic mass is 19.1. The lowest BCUT2D eigenvalue weighted by Gasteiger charge is -2.11. The van der Waals surface area contributed by atoms with Crippen LogP contribution in [0.1, 0.15) is 56.0 Å². The fourth-order valence-corrected chi connectivity index (χ4v) is 2.15. The second-order valence-corrected chi connectivity index (χ2v) is 5.93. The number of nitrogens with one attached hydrogen (secondary N) is 1. The first-order chi connectivity index (χ1) is 11.5. The summed E-state index contributed by atoms with van der Waals surface area (Å²) in [6.45, 7) is 4.41. The summed E-state index contributed by atoms with van der Waals surface area (Å²) in [6.07, 6.45) is 0.0976. The molecule has 0 fully saturated rings. The van der Waals surface area contributed by atoms with Crippen LogP contribution in [-0.4, -0.2) is 27.7 Å². The Hall–Kier alpha value is -2.28. The van der Waals surface area contributed by atoms with Crippen molar-refractivity contribution < 1.29 is 18.8 Å². The lowest BCUT2D eigenvalue weighted by Crippen LogP contribution is -2.26. The molecule has 2 N–H and O–H groups in total. The fourth-order valence-electron chi connectivity index (χ4n) is 2.15. The summed E-state index contributed by atoms with van der Waals surface area (Å²) in [7, 11) is 0. The number of aliphatic hydroxyl groups excluding tert-OH is 1. The molecule has 2 rings (SSSR count). The zero-order valence-electron chi connectivity index (χ0n) is 13.8. The number of halogens is 1. The Morgan fingerprint density at radius 3 is 2.88 bits per heavy atom. The number of amides is 1. The molecule has 130 valence electrons. The molecule has 1 aromatic carbocycles. The maximum Gasteiger partial charge on any atom is 0.226 e. The monoisotopic (exact) mass is 335 g/mol. The van der Waals surface area contributed by atoms with Gasteiger partial charge in [0.25, 0.3) is 0 Å². The van der Waals surface area contributed by atoms with E-state index in [4.69, 9.17) is 4.52 Å². The lowest BCUT2D eigenvalue weighted by atomic mass is 10.1. The largest absolute Gasteiger partial charge is 0.388 e. The molecule has 1 heterocycles. The summed E-state index contributed by atoms with van der Waals surface area (Å²) >= 11 is 0. The van der Waals surface area contributed by atoms with Crippen LogP contribution in [0.15, 0.2) is 28.8 Å². The van der Waals surface area contributed by atoms with E-state index in [0.717, 1.165) is 0 Å². The molecule has 0 saturated heterocycles. The van der Waals surface area contributed by atoms with Gasteiger partial charge in [-0.05, 0) is 24.1 Å². The van der Waals surface area contributed by atoms with E-state index in [9.17, 15) is 14.3 Å². The van der Waals surface area contributed by atoms with Gasteiger partial charge in [-0.3, -0.25) is 4.79 Å². The van der Waals surface area contributed by atoms with E-state index in [-0.39, 0.29) is 18.2 Å². The number of aliphatic hydroxyl groups is 1. The van der Waals surface area contributed by atoms with Crippen LogP contribution < -0.4 is 5.32 Å². The van der Waals surface area contributed by atoms with E-state index >= 15 is 0 Å². The van der Waals surface area contributed by atoms with Crippen LogP contribution in [0, 0.1) is 5.82 Å². The van der Waals surface area contributed by atoms with Gasteiger partial charge in [-0.15, -0.1) is 0 Å². The Balaban J connectivity index is 1.69. The van der Waals surface area contributed by atoms with Crippen LogP contribution in [0.2, 0.25) is 0 Å². The number of carbonyl (C=O) groups is 1. The highest BCUT2D eigenvalue weighted by molar-refractivity contribution is 5.76. The third-order valence-corrected chi connectivity index (χ3v) is 3.50. The number of hydrogen-bond donors (Lipinski definition) is 2.